The lowest BCUT2D eigenvalue weighted by molar-refractivity contribution is 0.0486. The first-order chi connectivity index (χ1) is 15.1. The van der Waals surface area contributed by atoms with Gasteiger partial charge in [0.2, 0.25) is 6.79 Å². The monoisotopic (exact) mass is 483 g/mol. The summed E-state index contributed by atoms with van der Waals surface area (Å²) >= 11 is 3.43. The highest BCUT2D eigenvalue weighted by Gasteiger charge is 2.36. The van der Waals surface area contributed by atoms with Crippen molar-refractivity contribution in [3.05, 3.63) is 70.5 Å². The van der Waals surface area contributed by atoms with Gasteiger partial charge in [-0.15, -0.1) is 0 Å². The lowest BCUT2D eigenvalue weighted by Gasteiger charge is -2.38. The number of nitrogens with zero attached hydrogens (tertiary/aromatic N) is 2. The highest BCUT2D eigenvalue weighted by atomic mass is 79.9. The molecule has 0 atom stereocenters. The fourth-order valence-corrected chi connectivity index (χ4v) is 4.35. The Labute approximate surface area is 188 Å². The van der Waals surface area contributed by atoms with Crippen LogP contribution in [0.4, 0.5) is 0 Å². The van der Waals surface area contributed by atoms with Crippen LogP contribution in [0.3, 0.4) is 0 Å². The number of carbonyl (C=O) groups is 1. The van der Waals surface area contributed by atoms with Crippen molar-refractivity contribution in [2.45, 2.75) is 18.3 Å². The molecule has 2 aliphatic heterocycles. The molecule has 1 N–H and O–H groups in total. The Balaban J connectivity index is 1.33. The number of rotatable bonds is 5. The van der Waals surface area contributed by atoms with Crippen LogP contribution in [0, 0.1) is 0 Å². The highest BCUT2D eigenvalue weighted by Crippen LogP contribution is 2.40. The molecule has 1 fully saturated rings. The van der Waals surface area contributed by atoms with Crippen LogP contribution < -0.4 is 14.8 Å². The van der Waals surface area contributed by atoms with Crippen LogP contribution in [0.2, 0.25) is 0 Å². The number of fused-ring (bicyclic) bond motifs is 1. The van der Waals surface area contributed by atoms with Crippen LogP contribution in [0.1, 0.15) is 28.8 Å². The van der Waals surface area contributed by atoms with E-state index >= 15 is 0 Å². The Bertz CT molecular complexity index is 1090. The highest BCUT2D eigenvalue weighted by molar-refractivity contribution is 9.10. The molecular weight excluding hydrogens is 462 g/mol. The van der Waals surface area contributed by atoms with Crippen molar-refractivity contribution in [2.75, 3.05) is 26.6 Å². The van der Waals surface area contributed by atoms with Gasteiger partial charge in [-0.2, -0.15) is 5.10 Å². The van der Waals surface area contributed by atoms with E-state index in [1.165, 1.54) is 0 Å². The lowest BCUT2D eigenvalue weighted by atomic mass is 9.74. The normalized spacial score (nSPS) is 16.8. The van der Waals surface area contributed by atoms with Gasteiger partial charge < -0.3 is 19.5 Å². The molecule has 3 aromatic rings. The number of halogens is 1. The van der Waals surface area contributed by atoms with Gasteiger partial charge in [-0.3, -0.25) is 4.79 Å². The maximum atomic E-state index is 12.9. The topological polar surface area (TPSA) is 74.6 Å². The number of benzene rings is 2. The first-order valence-electron chi connectivity index (χ1n) is 10.2. The average molecular weight is 484 g/mol. The van der Waals surface area contributed by atoms with Crippen molar-refractivity contribution in [1.82, 2.24) is 15.1 Å². The minimum Gasteiger partial charge on any atom is -0.454 e. The van der Waals surface area contributed by atoms with Crippen LogP contribution in [-0.2, 0) is 10.2 Å². The predicted octanol–water partition coefficient (Wildman–Crippen LogP) is 3.84. The quantitative estimate of drug-likeness (QED) is 0.596. The molecule has 31 heavy (non-hydrogen) atoms. The smallest absolute Gasteiger partial charge is 0.254 e. The van der Waals surface area contributed by atoms with E-state index in [1.54, 1.807) is 17.1 Å². The van der Waals surface area contributed by atoms with Gasteiger partial charge in [-0.05, 0) is 54.8 Å². The summed E-state index contributed by atoms with van der Waals surface area (Å²) in [5.41, 5.74) is 2.33. The van der Waals surface area contributed by atoms with Crippen molar-refractivity contribution in [3.8, 4) is 17.2 Å². The fraction of sp³-hybridized carbons (Fsp3) is 0.304. The van der Waals surface area contributed by atoms with Gasteiger partial charge in [-0.1, -0.05) is 22.0 Å². The molecular formula is C23H22BrN3O4. The third-order valence-electron chi connectivity index (χ3n) is 5.96. The molecule has 0 aliphatic carbocycles. The Morgan fingerprint density at radius 2 is 1.87 bits per heavy atom. The minimum absolute atomic E-state index is 0.144. The summed E-state index contributed by atoms with van der Waals surface area (Å²) < 4.78 is 19.3. The molecule has 2 aliphatic rings. The second-order valence-corrected chi connectivity index (χ2v) is 8.71. The van der Waals surface area contributed by atoms with Crippen LogP contribution in [0.15, 0.2) is 59.3 Å². The van der Waals surface area contributed by atoms with Gasteiger partial charge in [0.1, 0.15) is 0 Å². The maximum Gasteiger partial charge on any atom is 0.254 e. The zero-order valence-electron chi connectivity index (χ0n) is 16.8. The number of hydrogen-bond acceptors (Lipinski definition) is 5. The van der Waals surface area contributed by atoms with Crippen LogP contribution in [0.25, 0.3) is 5.69 Å². The molecule has 0 saturated carbocycles. The zero-order valence-corrected chi connectivity index (χ0v) is 18.4. The average Bonchev–Trinajstić information content (AvgIpc) is 3.48. The second-order valence-electron chi connectivity index (χ2n) is 7.79. The van der Waals surface area contributed by atoms with Gasteiger partial charge in [0, 0.05) is 35.8 Å². The molecule has 8 heteroatoms. The number of nitrogens with one attached hydrogen (secondary N) is 1. The van der Waals surface area contributed by atoms with E-state index in [0.717, 1.165) is 40.1 Å². The molecule has 1 amide bonds. The Morgan fingerprint density at radius 1 is 1.10 bits per heavy atom. The molecule has 160 valence electrons. The molecule has 0 radical (unpaired) electrons. The maximum absolute atomic E-state index is 12.9. The summed E-state index contributed by atoms with van der Waals surface area (Å²) in [7, 11) is 0. The van der Waals surface area contributed by atoms with Gasteiger partial charge in [-0.25, -0.2) is 4.68 Å². The van der Waals surface area contributed by atoms with Crippen molar-refractivity contribution < 1.29 is 19.0 Å². The van der Waals surface area contributed by atoms with Crippen LogP contribution >= 0.6 is 15.9 Å². The molecule has 0 bridgehead atoms. The summed E-state index contributed by atoms with van der Waals surface area (Å²) in [6.45, 7) is 2.07. The molecule has 1 saturated heterocycles. The number of aromatic nitrogens is 2. The molecule has 2 aromatic carbocycles. The predicted molar refractivity (Wildman–Crippen MR) is 118 cm³/mol. The Hall–Kier alpha value is -2.84. The van der Waals surface area contributed by atoms with Crippen molar-refractivity contribution in [1.29, 1.82) is 0 Å². The van der Waals surface area contributed by atoms with E-state index in [4.69, 9.17) is 14.2 Å². The first-order valence-corrected chi connectivity index (χ1v) is 11.0. The third kappa shape index (κ3) is 4.05. The number of hydrogen-bond donors (Lipinski definition) is 1. The summed E-state index contributed by atoms with van der Waals surface area (Å²) in [4.78, 5) is 12.9. The summed E-state index contributed by atoms with van der Waals surface area (Å²) in [6.07, 6.45) is 4.99. The number of ether oxygens (including phenoxy) is 3. The summed E-state index contributed by atoms with van der Waals surface area (Å²) in [5.74, 6) is 1.37. The van der Waals surface area contributed by atoms with Crippen molar-refractivity contribution >= 4 is 21.8 Å². The molecule has 5 rings (SSSR count). The van der Waals surface area contributed by atoms with Gasteiger partial charge in [0.15, 0.2) is 11.5 Å². The van der Waals surface area contributed by atoms with Gasteiger partial charge in [0.05, 0.1) is 17.4 Å². The van der Waals surface area contributed by atoms with E-state index in [-0.39, 0.29) is 18.1 Å². The molecule has 7 nitrogen and oxygen atoms in total. The molecule has 0 unspecified atom stereocenters. The van der Waals surface area contributed by atoms with E-state index in [9.17, 15) is 4.79 Å². The Kier molecular flexibility index (Phi) is 5.41. The van der Waals surface area contributed by atoms with Crippen molar-refractivity contribution in [3.63, 3.8) is 0 Å². The van der Waals surface area contributed by atoms with Gasteiger partial charge >= 0.3 is 0 Å². The minimum atomic E-state index is -0.212. The SMILES string of the molecule is O=C(NCC1(c2ccc3c(c2)OCO3)CCOCC1)c1cnn(-c2ccc(Br)cc2)c1. The fourth-order valence-electron chi connectivity index (χ4n) is 4.08. The summed E-state index contributed by atoms with van der Waals surface area (Å²) in [6, 6.07) is 13.8. The third-order valence-corrected chi connectivity index (χ3v) is 6.49. The molecule has 0 spiro atoms. The van der Waals surface area contributed by atoms with E-state index in [1.807, 2.05) is 36.4 Å². The largest absolute Gasteiger partial charge is 0.454 e. The zero-order chi connectivity index (χ0) is 21.3. The standard InChI is InChI=1S/C23H22BrN3O4/c24-18-2-4-19(5-3-18)27-13-16(12-26-27)22(28)25-14-23(7-9-29-10-8-23)17-1-6-20-21(11-17)31-15-30-20/h1-6,11-13H,7-10,14-15H2,(H,25,28). The lowest BCUT2D eigenvalue weighted by Crippen LogP contribution is -2.44. The van der Waals surface area contributed by atoms with E-state index < -0.39 is 0 Å². The van der Waals surface area contributed by atoms with E-state index in [2.05, 4.69) is 32.4 Å². The molecule has 1 aromatic heterocycles. The summed E-state index contributed by atoms with van der Waals surface area (Å²) in [5, 5.41) is 7.46. The van der Waals surface area contributed by atoms with Gasteiger partial charge in [0.25, 0.3) is 5.91 Å². The van der Waals surface area contributed by atoms with Crippen LogP contribution in [0.5, 0.6) is 11.5 Å². The number of amides is 1. The number of carbonyl (C=O) groups excluding carboxylic acids is 1. The second kappa shape index (κ2) is 8.36. The van der Waals surface area contributed by atoms with Crippen LogP contribution in [-0.4, -0.2) is 42.2 Å². The van der Waals surface area contributed by atoms with E-state index in [0.29, 0.717) is 25.3 Å². The Morgan fingerprint density at radius 3 is 2.68 bits per heavy atom. The van der Waals surface area contributed by atoms with Crippen molar-refractivity contribution in [2.24, 2.45) is 0 Å². The molecule has 3 heterocycles. The first kappa shape index (κ1) is 20.1.